The second-order valence-corrected chi connectivity index (χ2v) is 5.44. The van der Waals surface area contributed by atoms with Crippen LogP contribution < -0.4 is 5.32 Å². The van der Waals surface area contributed by atoms with Gasteiger partial charge in [-0.25, -0.2) is 14.0 Å². The number of hydrogen-bond donors (Lipinski definition) is 1. The second kappa shape index (κ2) is 6.76. The maximum atomic E-state index is 12.9. The number of ether oxygens (including phenoxy) is 1. The fourth-order valence-corrected chi connectivity index (χ4v) is 2.39. The van der Waals surface area contributed by atoms with Crippen molar-refractivity contribution in [2.75, 3.05) is 13.1 Å². The van der Waals surface area contributed by atoms with Gasteiger partial charge >= 0.3 is 12.0 Å². The zero-order valence-corrected chi connectivity index (χ0v) is 13.3. The maximum Gasteiger partial charge on any atom is 0.375 e. The summed E-state index contributed by atoms with van der Waals surface area (Å²) in [5, 5.41) is 2.50. The molecule has 1 aliphatic rings. The quantitative estimate of drug-likeness (QED) is 0.857. The Bertz CT molecular complexity index is 815. The van der Waals surface area contributed by atoms with Crippen LogP contribution in [-0.2, 0) is 9.53 Å². The Balaban J connectivity index is 1.66. The van der Waals surface area contributed by atoms with Crippen molar-refractivity contribution in [1.29, 1.82) is 0 Å². The number of nitrogens with one attached hydrogen (secondary N) is 1. The van der Waals surface area contributed by atoms with Gasteiger partial charge in [0.1, 0.15) is 11.6 Å². The van der Waals surface area contributed by atoms with Crippen LogP contribution >= 0.6 is 0 Å². The van der Waals surface area contributed by atoms with E-state index < -0.39 is 24.0 Å². The average molecular weight is 346 g/mol. The van der Waals surface area contributed by atoms with Gasteiger partial charge < -0.3 is 14.5 Å². The first kappa shape index (κ1) is 16.7. The number of furan rings is 1. The highest BCUT2D eigenvalue weighted by atomic mass is 19.1. The fourth-order valence-electron chi connectivity index (χ4n) is 2.39. The number of rotatable bonds is 4. The van der Waals surface area contributed by atoms with E-state index in [9.17, 15) is 18.8 Å². The molecule has 0 saturated carbocycles. The monoisotopic (exact) mass is 346 g/mol. The summed E-state index contributed by atoms with van der Waals surface area (Å²) in [6, 6.07) is 8.02. The number of urea groups is 1. The van der Waals surface area contributed by atoms with Gasteiger partial charge in [0.25, 0.3) is 5.91 Å². The molecule has 1 aromatic carbocycles. The molecule has 0 aliphatic carbocycles. The van der Waals surface area contributed by atoms with Gasteiger partial charge in [-0.3, -0.25) is 9.69 Å². The van der Waals surface area contributed by atoms with Gasteiger partial charge in [-0.05, 0) is 43.3 Å². The number of halogens is 1. The third-order valence-corrected chi connectivity index (χ3v) is 3.69. The van der Waals surface area contributed by atoms with Gasteiger partial charge in [-0.2, -0.15) is 0 Å². The van der Waals surface area contributed by atoms with Crippen molar-refractivity contribution in [3.05, 3.63) is 48.0 Å². The zero-order valence-electron chi connectivity index (χ0n) is 13.3. The molecule has 0 radical (unpaired) electrons. The van der Waals surface area contributed by atoms with Crippen LogP contribution in [0.15, 0.2) is 40.8 Å². The molecule has 0 bridgehead atoms. The number of benzene rings is 1. The van der Waals surface area contributed by atoms with E-state index in [1.807, 2.05) is 0 Å². The summed E-state index contributed by atoms with van der Waals surface area (Å²) in [4.78, 5) is 36.7. The topological polar surface area (TPSA) is 88.8 Å². The Morgan fingerprint density at radius 1 is 1.24 bits per heavy atom. The lowest BCUT2D eigenvalue weighted by molar-refractivity contribution is -0.136. The minimum atomic E-state index is -1.13. The van der Waals surface area contributed by atoms with Crippen molar-refractivity contribution in [2.45, 2.75) is 13.0 Å². The Kier molecular flexibility index (Phi) is 4.51. The summed E-state index contributed by atoms with van der Waals surface area (Å²) >= 11 is 0. The molecule has 0 spiro atoms. The van der Waals surface area contributed by atoms with Crippen LogP contribution in [0.2, 0.25) is 0 Å². The zero-order chi connectivity index (χ0) is 18.0. The highest BCUT2D eigenvalue weighted by molar-refractivity contribution is 5.99. The first-order valence-electron chi connectivity index (χ1n) is 7.61. The van der Waals surface area contributed by atoms with Gasteiger partial charge in [0.05, 0.1) is 0 Å². The smallest absolute Gasteiger partial charge is 0.375 e. The van der Waals surface area contributed by atoms with E-state index in [0.717, 1.165) is 4.90 Å². The molecule has 1 aromatic heterocycles. The Hall–Kier alpha value is -3.16. The summed E-state index contributed by atoms with van der Waals surface area (Å²) in [5.41, 5.74) is 0.596. The normalized spacial score (nSPS) is 15.0. The summed E-state index contributed by atoms with van der Waals surface area (Å²) in [5.74, 6) is -1.54. The SMILES string of the molecule is C[C@H](OC(=O)c1ccc(-c2ccc(F)cc2)o1)C(=O)N1CCNC1=O. The predicted octanol–water partition coefficient (Wildman–Crippen LogP) is 2.18. The Morgan fingerprint density at radius 3 is 2.60 bits per heavy atom. The number of imide groups is 1. The molecule has 0 unspecified atom stereocenters. The van der Waals surface area contributed by atoms with Gasteiger partial charge in [0, 0.05) is 18.7 Å². The first-order valence-corrected chi connectivity index (χ1v) is 7.61. The van der Waals surface area contributed by atoms with E-state index in [1.54, 1.807) is 6.07 Å². The van der Waals surface area contributed by atoms with Gasteiger partial charge in [0.15, 0.2) is 6.10 Å². The molecule has 1 atom stereocenters. The minimum absolute atomic E-state index is 0.0927. The van der Waals surface area contributed by atoms with E-state index in [-0.39, 0.29) is 18.1 Å². The highest BCUT2D eigenvalue weighted by Gasteiger charge is 2.32. The molecule has 1 aliphatic heterocycles. The summed E-state index contributed by atoms with van der Waals surface area (Å²) in [7, 11) is 0. The molecule has 3 amide bonds. The molecule has 25 heavy (non-hydrogen) atoms. The van der Waals surface area contributed by atoms with Crippen LogP contribution in [0.3, 0.4) is 0 Å². The first-order chi connectivity index (χ1) is 12.0. The van der Waals surface area contributed by atoms with E-state index in [4.69, 9.17) is 9.15 Å². The van der Waals surface area contributed by atoms with Gasteiger partial charge in [0.2, 0.25) is 5.76 Å². The van der Waals surface area contributed by atoms with Crippen molar-refractivity contribution in [1.82, 2.24) is 10.2 Å². The molecular formula is C17H15FN2O5. The van der Waals surface area contributed by atoms with E-state index >= 15 is 0 Å². The summed E-state index contributed by atoms with van der Waals surface area (Å²) < 4.78 is 23.4. The number of amides is 3. The largest absolute Gasteiger partial charge is 0.449 e. The van der Waals surface area contributed by atoms with E-state index in [2.05, 4.69) is 5.32 Å². The van der Waals surface area contributed by atoms with Crippen molar-refractivity contribution in [3.63, 3.8) is 0 Å². The molecule has 2 heterocycles. The average Bonchev–Trinajstić information content (AvgIpc) is 3.24. The molecule has 1 saturated heterocycles. The van der Waals surface area contributed by atoms with Crippen molar-refractivity contribution in [2.24, 2.45) is 0 Å². The molecule has 2 aromatic rings. The maximum absolute atomic E-state index is 12.9. The number of esters is 1. The molecular weight excluding hydrogens is 331 g/mol. The van der Waals surface area contributed by atoms with Crippen molar-refractivity contribution < 1.29 is 27.9 Å². The lowest BCUT2D eigenvalue weighted by Gasteiger charge is -2.17. The Labute approximate surface area is 142 Å². The molecule has 130 valence electrons. The number of hydrogen-bond acceptors (Lipinski definition) is 5. The van der Waals surface area contributed by atoms with Crippen LogP contribution in [-0.4, -0.2) is 42.0 Å². The van der Waals surface area contributed by atoms with Crippen molar-refractivity contribution >= 4 is 17.9 Å². The third kappa shape index (κ3) is 3.52. The summed E-state index contributed by atoms with van der Waals surface area (Å²) in [6.07, 6.45) is -1.13. The predicted molar refractivity (Wildman–Crippen MR) is 84.1 cm³/mol. The highest BCUT2D eigenvalue weighted by Crippen LogP contribution is 2.23. The lowest BCUT2D eigenvalue weighted by atomic mass is 10.2. The van der Waals surface area contributed by atoms with Crippen LogP contribution in [0.5, 0.6) is 0 Å². The summed E-state index contributed by atoms with van der Waals surface area (Å²) in [6.45, 7) is 1.98. The lowest BCUT2D eigenvalue weighted by Crippen LogP contribution is -2.41. The molecule has 1 fully saturated rings. The standard InChI is InChI=1S/C17H15FN2O5/c1-10(15(21)20-9-8-19-17(20)23)24-16(22)14-7-6-13(25-14)11-2-4-12(18)5-3-11/h2-7,10H,8-9H2,1H3,(H,19,23)/t10-/m0/s1. The van der Waals surface area contributed by atoms with Gasteiger partial charge in [-0.1, -0.05) is 0 Å². The Morgan fingerprint density at radius 2 is 1.96 bits per heavy atom. The van der Waals surface area contributed by atoms with Crippen LogP contribution in [0.25, 0.3) is 11.3 Å². The molecule has 1 N–H and O–H groups in total. The number of carbonyl (C=O) groups is 3. The number of carbonyl (C=O) groups excluding carboxylic acids is 3. The van der Waals surface area contributed by atoms with Crippen LogP contribution in [0.4, 0.5) is 9.18 Å². The minimum Gasteiger partial charge on any atom is -0.449 e. The molecule has 3 rings (SSSR count). The second-order valence-electron chi connectivity index (χ2n) is 5.44. The van der Waals surface area contributed by atoms with E-state index in [1.165, 1.54) is 37.3 Å². The third-order valence-electron chi connectivity index (χ3n) is 3.69. The van der Waals surface area contributed by atoms with E-state index in [0.29, 0.717) is 17.9 Å². The molecule has 8 heteroatoms. The van der Waals surface area contributed by atoms with Gasteiger partial charge in [-0.15, -0.1) is 0 Å². The fraction of sp³-hybridized carbons (Fsp3) is 0.235. The number of nitrogens with zero attached hydrogens (tertiary/aromatic N) is 1. The van der Waals surface area contributed by atoms with Crippen molar-refractivity contribution in [3.8, 4) is 11.3 Å². The van der Waals surface area contributed by atoms with Crippen LogP contribution in [0.1, 0.15) is 17.5 Å². The molecule has 7 nitrogen and oxygen atoms in total. The van der Waals surface area contributed by atoms with Crippen LogP contribution in [0, 0.1) is 5.82 Å².